The molecule has 0 fully saturated rings. The Balaban J connectivity index is 2.14. The van der Waals surface area contributed by atoms with Crippen LogP contribution in [-0.2, 0) is 6.42 Å². The molecule has 2 heterocycles. The van der Waals surface area contributed by atoms with E-state index in [9.17, 15) is 4.79 Å². The van der Waals surface area contributed by atoms with Crippen molar-refractivity contribution in [3.63, 3.8) is 0 Å². The molecule has 2 aromatic heterocycles. The fourth-order valence-electron chi connectivity index (χ4n) is 2.29. The number of aliphatic hydroxyl groups is 1. The van der Waals surface area contributed by atoms with E-state index in [1.165, 1.54) is 6.33 Å². The lowest BCUT2D eigenvalue weighted by Crippen LogP contribution is -2.29. The molecule has 2 aromatic rings. The predicted molar refractivity (Wildman–Crippen MR) is 78.1 cm³/mol. The van der Waals surface area contributed by atoms with Crippen LogP contribution in [0.1, 0.15) is 42.2 Å². The van der Waals surface area contributed by atoms with Crippen LogP contribution < -0.4 is 0 Å². The number of unbranched alkanes of at least 4 members (excludes halogenated alkanes) is 2. The van der Waals surface area contributed by atoms with Gasteiger partial charge in [0.1, 0.15) is 6.33 Å². The number of aromatic nitrogens is 4. The van der Waals surface area contributed by atoms with Gasteiger partial charge in [0, 0.05) is 26.4 Å². The molecule has 0 aliphatic carbocycles. The Morgan fingerprint density at radius 1 is 1.33 bits per heavy atom. The SMILES string of the molecule is CCc1c(C(=O)N(C)CCCCCO)cnc2ncnn12. The molecule has 0 spiro atoms. The van der Waals surface area contributed by atoms with E-state index in [1.54, 1.807) is 22.7 Å². The average molecular weight is 291 g/mol. The lowest BCUT2D eigenvalue weighted by atomic mass is 10.1. The van der Waals surface area contributed by atoms with Gasteiger partial charge < -0.3 is 10.0 Å². The zero-order valence-electron chi connectivity index (χ0n) is 12.5. The van der Waals surface area contributed by atoms with Crippen molar-refractivity contribution in [1.82, 2.24) is 24.5 Å². The van der Waals surface area contributed by atoms with E-state index in [4.69, 9.17) is 5.11 Å². The standard InChI is InChI=1S/C14H21N5O2/c1-3-12-11(9-15-14-16-10-17-19(12)14)13(21)18(2)7-5-4-6-8-20/h9-10,20H,3-8H2,1-2H3. The van der Waals surface area contributed by atoms with Crippen LogP contribution in [-0.4, -0.2) is 55.7 Å². The molecule has 0 saturated heterocycles. The number of amides is 1. The Bertz CT molecular complexity index is 610. The van der Waals surface area contributed by atoms with Gasteiger partial charge in [0.2, 0.25) is 0 Å². The highest BCUT2D eigenvalue weighted by atomic mass is 16.2. The quantitative estimate of drug-likeness (QED) is 0.767. The number of hydrogen-bond acceptors (Lipinski definition) is 5. The average Bonchev–Trinajstić information content (AvgIpc) is 2.98. The molecule has 0 saturated carbocycles. The smallest absolute Gasteiger partial charge is 0.257 e. The van der Waals surface area contributed by atoms with Gasteiger partial charge in [0.25, 0.3) is 11.7 Å². The van der Waals surface area contributed by atoms with Gasteiger partial charge >= 0.3 is 0 Å². The fourth-order valence-corrected chi connectivity index (χ4v) is 2.29. The van der Waals surface area contributed by atoms with Gasteiger partial charge in [0.05, 0.1) is 11.3 Å². The summed E-state index contributed by atoms with van der Waals surface area (Å²) in [6, 6.07) is 0. The second-order valence-electron chi connectivity index (χ2n) is 4.95. The highest BCUT2D eigenvalue weighted by Crippen LogP contribution is 2.12. The third-order valence-corrected chi connectivity index (χ3v) is 3.47. The molecule has 0 aliphatic heterocycles. The van der Waals surface area contributed by atoms with E-state index in [0.717, 1.165) is 25.0 Å². The van der Waals surface area contributed by atoms with Gasteiger partial charge in [-0.25, -0.2) is 9.50 Å². The largest absolute Gasteiger partial charge is 0.396 e. The summed E-state index contributed by atoms with van der Waals surface area (Å²) in [5, 5.41) is 12.9. The van der Waals surface area contributed by atoms with E-state index in [-0.39, 0.29) is 12.5 Å². The number of aryl methyl sites for hydroxylation is 1. The molecule has 1 amide bonds. The summed E-state index contributed by atoms with van der Waals surface area (Å²) in [5.74, 6) is 0.453. The molecule has 1 N–H and O–H groups in total. The van der Waals surface area contributed by atoms with Gasteiger partial charge in [-0.05, 0) is 25.7 Å². The molecule has 2 rings (SSSR count). The first-order valence-electron chi connectivity index (χ1n) is 7.23. The first kappa shape index (κ1) is 15.4. The van der Waals surface area contributed by atoms with Crippen LogP contribution in [0.3, 0.4) is 0 Å². The third kappa shape index (κ3) is 3.36. The minimum atomic E-state index is -0.0549. The van der Waals surface area contributed by atoms with Crippen LogP contribution in [0.2, 0.25) is 0 Å². The lowest BCUT2D eigenvalue weighted by molar-refractivity contribution is 0.0790. The Kier molecular flexibility index (Phi) is 5.21. The number of fused-ring (bicyclic) bond motifs is 1. The van der Waals surface area contributed by atoms with Crippen LogP contribution in [0.15, 0.2) is 12.5 Å². The van der Waals surface area contributed by atoms with Crippen molar-refractivity contribution in [1.29, 1.82) is 0 Å². The number of hydrogen-bond donors (Lipinski definition) is 1. The van der Waals surface area contributed by atoms with Gasteiger partial charge in [0.15, 0.2) is 0 Å². The number of nitrogens with zero attached hydrogens (tertiary/aromatic N) is 5. The lowest BCUT2D eigenvalue weighted by Gasteiger charge is -2.18. The number of rotatable bonds is 7. The monoisotopic (exact) mass is 291 g/mol. The van der Waals surface area contributed by atoms with Crippen molar-refractivity contribution in [3.8, 4) is 0 Å². The van der Waals surface area contributed by atoms with Crippen molar-refractivity contribution in [2.24, 2.45) is 0 Å². The minimum absolute atomic E-state index is 0.0549. The second kappa shape index (κ2) is 7.12. The Hall–Kier alpha value is -2.02. The van der Waals surface area contributed by atoms with Crippen LogP contribution in [0.4, 0.5) is 0 Å². The summed E-state index contributed by atoms with van der Waals surface area (Å²) in [6.45, 7) is 2.84. The van der Waals surface area contributed by atoms with Crippen LogP contribution in [0.5, 0.6) is 0 Å². The Morgan fingerprint density at radius 2 is 2.14 bits per heavy atom. The normalized spacial score (nSPS) is 11.0. The van der Waals surface area contributed by atoms with E-state index in [0.29, 0.717) is 24.3 Å². The van der Waals surface area contributed by atoms with Crippen molar-refractivity contribution < 1.29 is 9.90 Å². The molecule has 7 nitrogen and oxygen atoms in total. The van der Waals surface area contributed by atoms with Gasteiger partial charge in [-0.15, -0.1) is 0 Å². The molecule has 21 heavy (non-hydrogen) atoms. The fraction of sp³-hybridized carbons (Fsp3) is 0.571. The van der Waals surface area contributed by atoms with E-state index in [2.05, 4.69) is 15.1 Å². The molecule has 114 valence electrons. The number of carbonyl (C=O) groups is 1. The summed E-state index contributed by atoms with van der Waals surface area (Å²) in [4.78, 5) is 22.4. The molecule has 0 unspecified atom stereocenters. The Morgan fingerprint density at radius 3 is 2.86 bits per heavy atom. The molecule has 0 bridgehead atoms. The molecule has 7 heteroatoms. The van der Waals surface area contributed by atoms with Gasteiger partial charge in [-0.2, -0.15) is 10.1 Å². The zero-order valence-corrected chi connectivity index (χ0v) is 12.5. The highest BCUT2D eigenvalue weighted by Gasteiger charge is 2.18. The van der Waals surface area contributed by atoms with Crippen LogP contribution >= 0.6 is 0 Å². The van der Waals surface area contributed by atoms with Crippen LogP contribution in [0, 0.1) is 0 Å². The number of aliphatic hydroxyl groups excluding tert-OH is 1. The maximum absolute atomic E-state index is 12.5. The van der Waals surface area contributed by atoms with E-state index in [1.807, 2.05) is 6.92 Å². The molecule has 0 aliphatic rings. The predicted octanol–water partition coefficient (Wildman–Crippen LogP) is 0.921. The zero-order chi connectivity index (χ0) is 15.2. The van der Waals surface area contributed by atoms with Crippen molar-refractivity contribution in [2.75, 3.05) is 20.2 Å². The van der Waals surface area contributed by atoms with Crippen LogP contribution in [0.25, 0.3) is 5.78 Å². The summed E-state index contributed by atoms with van der Waals surface area (Å²) in [6.07, 6.45) is 6.26. The van der Waals surface area contributed by atoms with Crippen molar-refractivity contribution >= 4 is 11.7 Å². The minimum Gasteiger partial charge on any atom is -0.396 e. The molecular formula is C14H21N5O2. The summed E-state index contributed by atoms with van der Waals surface area (Å²) in [7, 11) is 1.78. The topological polar surface area (TPSA) is 83.6 Å². The maximum Gasteiger partial charge on any atom is 0.257 e. The van der Waals surface area contributed by atoms with Crippen molar-refractivity contribution in [2.45, 2.75) is 32.6 Å². The van der Waals surface area contributed by atoms with E-state index >= 15 is 0 Å². The molecular weight excluding hydrogens is 270 g/mol. The summed E-state index contributed by atoms with van der Waals surface area (Å²) >= 11 is 0. The first-order chi connectivity index (χ1) is 10.2. The van der Waals surface area contributed by atoms with E-state index < -0.39 is 0 Å². The molecule has 0 radical (unpaired) electrons. The third-order valence-electron chi connectivity index (χ3n) is 3.47. The second-order valence-corrected chi connectivity index (χ2v) is 4.95. The maximum atomic E-state index is 12.5. The highest BCUT2D eigenvalue weighted by molar-refractivity contribution is 5.95. The molecule has 0 atom stereocenters. The number of carbonyl (C=O) groups excluding carboxylic acids is 1. The first-order valence-corrected chi connectivity index (χ1v) is 7.23. The molecule has 0 aromatic carbocycles. The Labute approximate surface area is 123 Å². The van der Waals surface area contributed by atoms with Crippen molar-refractivity contribution in [3.05, 3.63) is 23.8 Å². The van der Waals surface area contributed by atoms with Gasteiger partial charge in [-0.1, -0.05) is 6.92 Å². The summed E-state index contributed by atoms with van der Waals surface area (Å²) < 4.78 is 1.62. The summed E-state index contributed by atoms with van der Waals surface area (Å²) in [5.41, 5.74) is 1.39. The van der Waals surface area contributed by atoms with Gasteiger partial charge in [-0.3, -0.25) is 4.79 Å².